The van der Waals surface area contributed by atoms with Gasteiger partial charge in [0.1, 0.15) is 11.5 Å². The van der Waals surface area contributed by atoms with Crippen LogP contribution in [0.25, 0.3) is 0 Å². The van der Waals surface area contributed by atoms with Crippen LogP contribution in [-0.2, 0) is 17.8 Å². The van der Waals surface area contributed by atoms with E-state index in [9.17, 15) is 4.79 Å². The molecule has 0 radical (unpaired) electrons. The smallest absolute Gasteiger partial charge is 0.261 e. The molecule has 138 valence electrons. The lowest BCUT2D eigenvalue weighted by molar-refractivity contribution is -0.127. The molecule has 1 N–H and O–H groups in total. The maximum absolute atomic E-state index is 12.5. The maximum atomic E-state index is 12.5. The van der Waals surface area contributed by atoms with Crippen LogP contribution in [0.3, 0.4) is 0 Å². The summed E-state index contributed by atoms with van der Waals surface area (Å²) in [6.07, 6.45) is -0.0836. The van der Waals surface area contributed by atoms with Gasteiger partial charge in [-0.05, 0) is 29.8 Å². The van der Waals surface area contributed by atoms with Crippen LogP contribution in [0.4, 0.5) is 0 Å². The van der Waals surface area contributed by atoms with Crippen molar-refractivity contribution in [3.05, 3.63) is 46.5 Å². The van der Waals surface area contributed by atoms with Crippen LogP contribution >= 0.6 is 11.6 Å². The van der Waals surface area contributed by atoms with Gasteiger partial charge < -0.3 is 24.3 Å². The molecule has 26 heavy (non-hydrogen) atoms. The number of amides is 1. The number of carbonyl (C=O) groups excluding carboxylic acids is 1. The molecule has 1 atom stereocenters. The Labute approximate surface area is 157 Å². The summed E-state index contributed by atoms with van der Waals surface area (Å²) in [6.45, 7) is 0.277. The van der Waals surface area contributed by atoms with Crippen LogP contribution < -0.4 is 24.3 Å². The van der Waals surface area contributed by atoms with E-state index < -0.39 is 6.10 Å². The number of carbonyl (C=O) groups is 1. The second-order valence-electron chi connectivity index (χ2n) is 5.80. The average molecular weight is 378 g/mol. The summed E-state index contributed by atoms with van der Waals surface area (Å²) in [6, 6.07) is 8.85. The van der Waals surface area contributed by atoms with Gasteiger partial charge in [-0.15, -0.1) is 0 Å². The topological polar surface area (TPSA) is 66.0 Å². The van der Waals surface area contributed by atoms with Crippen molar-refractivity contribution in [2.45, 2.75) is 19.1 Å². The zero-order valence-corrected chi connectivity index (χ0v) is 15.6. The summed E-state index contributed by atoms with van der Waals surface area (Å²) in [7, 11) is 4.68. The van der Waals surface area contributed by atoms with Gasteiger partial charge in [0.05, 0.1) is 21.3 Å². The number of benzene rings is 2. The standard InChI is InChI=1S/C19H20ClNO5/c1-23-15-9-17(25-3)16(24-2)8-12(15)10-21-19(22)18-7-11-6-13(20)4-5-14(11)26-18/h4-6,8-9,18H,7,10H2,1-3H3,(H,21,22)/t18-/m0/s1. The molecule has 6 nitrogen and oxygen atoms in total. The van der Waals surface area contributed by atoms with Gasteiger partial charge >= 0.3 is 0 Å². The van der Waals surface area contributed by atoms with Gasteiger partial charge in [-0.1, -0.05) is 11.6 Å². The van der Waals surface area contributed by atoms with Crippen LogP contribution in [0.2, 0.25) is 5.02 Å². The Morgan fingerprint density at radius 3 is 2.50 bits per heavy atom. The number of nitrogens with one attached hydrogen (secondary N) is 1. The molecule has 0 spiro atoms. The van der Waals surface area contributed by atoms with Crippen LogP contribution in [-0.4, -0.2) is 33.3 Å². The first kappa shape index (κ1) is 18.2. The largest absolute Gasteiger partial charge is 0.496 e. The van der Waals surface area contributed by atoms with Crippen LogP contribution in [0.15, 0.2) is 30.3 Å². The minimum absolute atomic E-state index is 0.200. The molecule has 0 saturated carbocycles. The molecule has 1 amide bonds. The highest BCUT2D eigenvalue weighted by Gasteiger charge is 2.29. The summed E-state index contributed by atoms with van der Waals surface area (Å²) in [5.74, 6) is 2.22. The van der Waals surface area contributed by atoms with E-state index in [0.717, 1.165) is 11.1 Å². The molecule has 0 saturated heterocycles. The van der Waals surface area contributed by atoms with E-state index in [1.54, 1.807) is 45.6 Å². The van der Waals surface area contributed by atoms with Crippen molar-refractivity contribution in [1.29, 1.82) is 0 Å². The second kappa shape index (κ2) is 7.74. The molecule has 0 aromatic heterocycles. The summed E-state index contributed by atoms with van der Waals surface area (Å²) in [5.41, 5.74) is 1.71. The number of ether oxygens (including phenoxy) is 4. The van der Waals surface area contributed by atoms with Crippen molar-refractivity contribution in [3.63, 3.8) is 0 Å². The Morgan fingerprint density at radius 1 is 1.12 bits per heavy atom. The van der Waals surface area contributed by atoms with Gasteiger partial charge in [0.2, 0.25) is 0 Å². The number of methoxy groups -OCH3 is 3. The van der Waals surface area contributed by atoms with Crippen LogP contribution in [0.1, 0.15) is 11.1 Å². The Balaban J connectivity index is 1.68. The molecule has 0 fully saturated rings. The van der Waals surface area contributed by atoms with E-state index in [2.05, 4.69) is 5.32 Å². The highest BCUT2D eigenvalue weighted by molar-refractivity contribution is 6.30. The third-order valence-corrected chi connectivity index (χ3v) is 4.46. The summed E-state index contributed by atoms with van der Waals surface area (Å²) in [5, 5.41) is 3.51. The fourth-order valence-electron chi connectivity index (χ4n) is 2.89. The van der Waals surface area contributed by atoms with E-state index in [1.165, 1.54) is 0 Å². The minimum Gasteiger partial charge on any atom is -0.496 e. The summed E-state index contributed by atoms with van der Waals surface area (Å²) in [4.78, 5) is 12.5. The Morgan fingerprint density at radius 2 is 1.81 bits per heavy atom. The van der Waals surface area contributed by atoms with Crippen LogP contribution in [0, 0.1) is 0 Å². The number of hydrogen-bond acceptors (Lipinski definition) is 5. The van der Waals surface area contributed by atoms with Crippen LogP contribution in [0.5, 0.6) is 23.0 Å². The molecular weight excluding hydrogens is 358 g/mol. The number of rotatable bonds is 6. The van der Waals surface area contributed by atoms with Crippen molar-refractivity contribution in [2.75, 3.05) is 21.3 Å². The molecule has 2 aromatic carbocycles. The van der Waals surface area contributed by atoms with Crippen molar-refractivity contribution in [1.82, 2.24) is 5.32 Å². The van der Waals surface area contributed by atoms with Crippen molar-refractivity contribution >= 4 is 17.5 Å². The Bertz CT molecular complexity index is 824. The first-order valence-electron chi connectivity index (χ1n) is 8.07. The van der Waals surface area contributed by atoms with Gasteiger partial charge in [-0.2, -0.15) is 0 Å². The third kappa shape index (κ3) is 3.65. The molecular formula is C19H20ClNO5. The zero-order valence-electron chi connectivity index (χ0n) is 14.8. The van der Waals surface area contributed by atoms with E-state index in [1.807, 2.05) is 6.07 Å². The second-order valence-corrected chi connectivity index (χ2v) is 6.24. The molecule has 1 aliphatic heterocycles. The predicted octanol–water partition coefficient (Wildman–Crippen LogP) is 2.99. The molecule has 0 unspecified atom stereocenters. The lowest BCUT2D eigenvalue weighted by Gasteiger charge is -2.16. The maximum Gasteiger partial charge on any atom is 0.261 e. The van der Waals surface area contributed by atoms with Gasteiger partial charge in [0, 0.05) is 29.6 Å². The number of fused-ring (bicyclic) bond motifs is 1. The average Bonchev–Trinajstić information content (AvgIpc) is 3.08. The Hall–Kier alpha value is -2.60. The first-order chi connectivity index (χ1) is 12.5. The first-order valence-corrected chi connectivity index (χ1v) is 8.45. The number of hydrogen-bond donors (Lipinski definition) is 1. The SMILES string of the molecule is COc1cc(OC)c(OC)cc1CNC(=O)[C@@H]1Cc2cc(Cl)ccc2O1. The van der Waals surface area contributed by atoms with Gasteiger partial charge in [0.15, 0.2) is 17.6 Å². The zero-order chi connectivity index (χ0) is 18.7. The van der Waals surface area contributed by atoms with Crippen molar-refractivity contribution < 1.29 is 23.7 Å². The van der Waals surface area contributed by atoms with Crippen molar-refractivity contribution in [3.8, 4) is 23.0 Å². The summed E-state index contributed by atoms with van der Waals surface area (Å²) < 4.78 is 21.6. The lowest BCUT2D eigenvalue weighted by Crippen LogP contribution is -2.37. The molecule has 7 heteroatoms. The normalized spacial score (nSPS) is 15.0. The van der Waals surface area contributed by atoms with Gasteiger partial charge in [-0.25, -0.2) is 0 Å². The number of halogens is 1. The Kier molecular flexibility index (Phi) is 5.42. The fraction of sp³-hybridized carbons (Fsp3) is 0.316. The molecule has 1 aliphatic rings. The molecule has 0 bridgehead atoms. The van der Waals surface area contributed by atoms with E-state index in [-0.39, 0.29) is 12.5 Å². The van der Waals surface area contributed by atoms with Gasteiger partial charge in [-0.3, -0.25) is 4.79 Å². The molecule has 3 rings (SSSR count). The van der Waals surface area contributed by atoms with Crippen molar-refractivity contribution in [2.24, 2.45) is 0 Å². The fourth-order valence-corrected chi connectivity index (χ4v) is 3.08. The predicted molar refractivity (Wildman–Crippen MR) is 97.5 cm³/mol. The van der Waals surface area contributed by atoms with Gasteiger partial charge in [0.25, 0.3) is 5.91 Å². The summed E-state index contributed by atoms with van der Waals surface area (Å²) >= 11 is 5.99. The molecule has 0 aliphatic carbocycles. The highest BCUT2D eigenvalue weighted by atomic mass is 35.5. The highest BCUT2D eigenvalue weighted by Crippen LogP contribution is 2.35. The molecule has 1 heterocycles. The van der Waals surface area contributed by atoms with E-state index in [4.69, 9.17) is 30.5 Å². The van der Waals surface area contributed by atoms with E-state index >= 15 is 0 Å². The monoisotopic (exact) mass is 377 g/mol. The quantitative estimate of drug-likeness (QED) is 0.838. The lowest BCUT2D eigenvalue weighted by atomic mass is 10.1. The minimum atomic E-state index is -0.574. The molecule has 2 aromatic rings. The van der Waals surface area contributed by atoms with E-state index in [0.29, 0.717) is 34.4 Å². The third-order valence-electron chi connectivity index (χ3n) is 4.23.